The van der Waals surface area contributed by atoms with Crippen molar-refractivity contribution in [2.24, 2.45) is 0 Å². The topological polar surface area (TPSA) is 30.5 Å². The predicted molar refractivity (Wildman–Crippen MR) is 83.0 cm³/mol. The Morgan fingerprint density at radius 3 is 2.24 bits per heavy atom. The normalized spacial score (nSPS) is 11.9. The second-order valence-corrected chi connectivity index (χ2v) is 5.01. The molecule has 0 radical (unpaired) electrons. The standard InChI is InChI=1S/C16H17ClFNO2/c1-10(11-4-6-12(18)7-5-11)19-14-9-15(20-2)13(17)8-16(14)21-3/h4-10,19H,1-3H3. The van der Waals surface area contributed by atoms with Crippen molar-refractivity contribution in [3.63, 3.8) is 0 Å². The van der Waals surface area contributed by atoms with Crippen LogP contribution in [-0.2, 0) is 0 Å². The fraction of sp³-hybridized carbons (Fsp3) is 0.250. The van der Waals surface area contributed by atoms with Gasteiger partial charge in [0, 0.05) is 18.2 Å². The zero-order chi connectivity index (χ0) is 15.4. The Balaban J connectivity index is 2.27. The van der Waals surface area contributed by atoms with Crippen LogP contribution in [0.4, 0.5) is 10.1 Å². The molecule has 112 valence electrons. The van der Waals surface area contributed by atoms with Crippen LogP contribution in [0.15, 0.2) is 36.4 Å². The summed E-state index contributed by atoms with van der Waals surface area (Å²) in [6.07, 6.45) is 0. The van der Waals surface area contributed by atoms with E-state index in [0.717, 1.165) is 11.3 Å². The summed E-state index contributed by atoms with van der Waals surface area (Å²) < 4.78 is 23.5. The molecule has 0 heterocycles. The van der Waals surface area contributed by atoms with Gasteiger partial charge in [0.15, 0.2) is 0 Å². The summed E-state index contributed by atoms with van der Waals surface area (Å²) in [6.45, 7) is 1.98. The average molecular weight is 310 g/mol. The van der Waals surface area contributed by atoms with Crippen molar-refractivity contribution in [3.05, 3.63) is 52.8 Å². The van der Waals surface area contributed by atoms with Gasteiger partial charge in [-0.1, -0.05) is 23.7 Å². The zero-order valence-corrected chi connectivity index (χ0v) is 12.9. The summed E-state index contributed by atoms with van der Waals surface area (Å²) >= 11 is 6.08. The molecular weight excluding hydrogens is 293 g/mol. The fourth-order valence-corrected chi connectivity index (χ4v) is 2.27. The molecule has 0 spiro atoms. The number of anilines is 1. The number of benzene rings is 2. The highest BCUT2D eigenvalue weighted by atomic mass is 35.5. The van der Waals surface area contributed by atoms with E-state index in [1.165, 1.54) is 12.1 Å². The van der Waals surface area contributed by atoms with Crippen molar-refractivity contribution in [1.29, 1.82) is 0 Å². The van der Waals surface area contributed by atoms with Crippen molar-refractivity contribution >= 4 is 17.3 Å². The summed E-state index contributed by atoms with van der Waals surface area (Å²) in [5, 5.41) is 3.79. The van der Waals surface area contributed by atoms with E-state index >= 15 is 0 Å². The maximum atomic E-state index is 13.0. The van der Waals surface area contributed by atoms with E-state index in [1.54, 1.807) is 38.5 Å². The third-order valence-electron chi connectivity index (χ3n) is 3.22. The highest BCUT2D eigenvalue weighted by molar-refractivity contribution is 6.32. The van der Waals surface area contributed by atoms with Gasteiger partial charge in [0.2, 0.25) is 0 Å². The molecule has 2 aromatic carbocycles. The Morgan fingerprint density at radius 2 is 1.67 bits per heavy atom. The van der Waals surface area contributed by atoms with Gasteiger partial charge in [-0.2, -0.15) is 0 Å². The van der Waals surface area contributed by atoms with Crippen LogP contribution in [0.1, 0.15) is 18.5 Å². The minimum Gasteiger partial charge on any atom is -0.495 e. The Bertz CT molecular complexity index is 616. The molecule has 3 nitrogen and oxygen atoms in total. The number of ether oxygens (including phenoxy) is 2. The third kappa shape index (κ3) is 3.58. The first-order valence-electron chi connectivity index (χ1n) is 6.48. The van der Waals surface area contributed by atoms with E-state index in [4.69, 9.17) is 21.1 Å². The first kappa shape index (κ1) is 15.4. The van der Waals surface area contributed by atoms with Crippen molar-refractivity contribution in [2.45, 2.75) is 13.0 Å². The molecule has 2 rings (SSSR count). The van der Waals surface area contributed by atoms with Gasteiger partial charge < -0.3 is 14.8 Å². The van der Waals surface area contributed by atoms with Crippen LogP contribution in [0.3, 0.4) is 0 Å². The Hall–Kier alpha value is -1.94. The van der Waals surface area contributed by atoms with Crippen molar-refractivity contribution in [2.75, 3.05) is 19.5 Å². The molecule has 0 fully saturated rings. The monoisotopic (exact) mass is 309 g/mol. The molecule has 0 bridgehead atoms. The van der Waals surface area contributed by atoms with E-state index in [-0.39, 0.29) is 11.9 Å². The molecule has 0 amide bonds. The lowest BCUT2D eigenvalue weighted by molar-refractivity contribution is 0.404. The molecule has 1 atom stereocenters. The van der Waals surface area contributed by atoms with Gasteiger partial charge in [-0.15, -0.1) is 0 Å². The molecule has 1 unspecified atom stereocenters. The van der Waals surface area contributed by atoms with Crippen LogP contribution in [0.25, 0.3) is 0 Å². The number of nitrogens with one attached hydrogen (secondary N) is 1. The molecule has 0 saturated carbocycles. The summed E-state index contributed by atoms with van der Waals surface area (Å²) in [7, 11) is 3.13. The molecule has 0 aliphatic rings. The second-order valence-electron chi connectivity index (χ2n) is 4.60. The molecule has 0 aliphatic heterocycles. The van der Waals surface area contributed by atoms with Crippen LogP contribution in [0, 0.1) is 5.82 Å². The number of hydrogen-bond donors (Lipinski definition) is 1. The number of hydrogen-bond acceptors (Lipinski definition) is 3. The maximum Gasteiger partial charge on any atom is 0.143 e. The van der Waals surface area contributed by atoms with Crippen LogP contribution in [0.2, 0.25) is 5.02 Å². The smallest absolute Gasteiger partial charge is 0.143 e. The van der Waals surface area contributed by atoms with E-state index in [9.17, 15) is 4.39 Å². The van der Waals surface area contributed by atoms with E-state index < -0.39 is 0 Å². The maximum absolute atomic E-state index is 13.0. The second kappa shape index (κ2) is 6.68. The van der Waals surface area contributed by atoms with Gasteiger partial charge in [0.25, 0.3) is 0 Å². The summed E-state index contributed by atoms with van der Waals surface area (Å²) in [6, 6.07) is 9.81. The van der Waals surface area contributed by atoms with Gasteiger partial charge in [-0.3, -0.25) is 0 Å². The lowest BCUT2D eigenvalue weighted by Gasteiger charge is -2.19. The quantitative estimate of drug-likeness (QED) is 0.870. The average Bonchev–Trinajstić information content (AvgIpc) is 2.49. The number of halogens is 2. The Kier molecular flexibility index (Phi) is 4.91. The van der Waals surface area contributed by atoms with Crippen molar-refractivity contribution in [3.8, 4) is 11.5 Å². The van der Waals surface area contributed by atoms with Gasteiger partial charge in [0.05, 0.1) is 24.9 Å². The summed E-state index contributed by atoms with van der Waals surface area (Å²) in [5.74, 6) is 0.928. The van der Waals surface area contributed by atoms with Crippen LogP contribution >= 0.6 is 11.6 Å². The van der Waals surface area contributed by atoms with Crippen molar-refractivity contribution < 1.29 is 13.9 Å². The van der Waals surface area contributed by atoms with Gasteiger partial charge in [-0.25, -0.2) is 4.39 Å². The van der Waals surface area contributed by atoms with Gasteiger partial charge in [0.1, 0.15) is 17.3 Å². The van der Waals surface area contributed by atoms with Crippen molar-refractivity contribution in [1.82, 2.24) is 0 Å². The van der Waals surface area contributed by atoms with E-state index in [0.29, 0.717) is 16.5 Å². The first-order valence-corrected chi connectivity index (χ1v) is 6.86. The summed E-state index contributed by atoms with van der Waals surface area (Å²) in [5.41, 5.74) is 1.72. The highest BCUT2D eigenvalue weighted by Gasteiger charge is 2.13. The largest absolute Gasteiger partial charge is 0.495 e. The Labute approximate surface area is 128 Å². The predicted octanol–water partition coefficient (Wildman–Crippen LogP) is 4.67. The molecule has 1 N–H and O–H groups in total. The van der Waals surface area contributed by atoms with E-state index in [1.807, 2.05) is 6.92 Å². The molecule has 21 heavy (non-hydrogen) atoms. The molecule has 5 heteroatoms. The Morgan fingerprint density at radius 1 is 1.05 bits per heavy atom. The lowest BCUT2D eigenvalue weighted by atomic mass is 10.1. The van der Waals surface area contributed by atoms with Gasteiger partial charge in [-0.05, 0) is 24.6 Å². The number of rotatable bonds is 5. The first-order chi connectivity index (χ1) is 10.0. The lowest BCUT2D eigenvalue weighted by Crippen LogP contribution is -2.08. The van der Waals surface area contributed by atoms with Crippen LogP contribution in [-0.4, -0.2) is 14.2 Å². The number of methoxy groups -OCH3 is 2. The van der Waals surface area contributed by atoms with Crippen LogP contribution < -0.4 is 14.8 Å². The SMILES string of the molecule is COc1cc(NC(C)c2ccc(F)cc2)c(OC)cc1Cl. The molecular formula is C16H17ClFNO2. The molecule has 0 aliphatic carbocycles. The minimum atomic E-state index is -0.253. The highest BCUT2D eigenvalue weighted by Crippen LogP contribution is 2.37. The minimum absolute atomic E-state index is 0.0228. The van der Waals surface area contributed by atoms with E-state index in [2.05, 4.69) is 5.32 Å². The zero-order valence-electron chi connectivity index (χ0n) is 12.1. The molecule has 2 aromatic rings. The summed E-state index contributed by atoms with van der Waals surface area (Å²) in [4.78, 5) is 0. The fourth-order valence-electron chi connectivity index (χ4n) is 2.04. The van der Waals surface area contributed by atoms with Crippen LogP contribution in [0.5, 0.6) is 11.5 Å². The third-order valence-corrected chi connectivity index (χ3v) is 3.51. The molecule has 0 saturated heterocycles. The van der Waals surface area contributed by atoms with Gasteiger partial charge >= 0.3 is 0 Å². The molecule has 0 aromatic heterocycles.